The Morgan fingerprint density at radius 2 is 2.13 bits per heavy atom. The lowest BCUT2D eigenvalue weighted by Gasteiger charge is -2.06. The summed E-state index contributed by atoms with van der Waals surface area (Å²) in [6, 6.07) is 4.36. The highest BCUT2D eigenvalue weighted by molar-refractivity contribution is 6.36. The van der Waals surface area contributed by atoms with Gasteiger partial charge in [-0.3, -0.25) is 4.98 Å². The maximum atomic E-state index is 13.1. The lowest BCUT2D eigenvalue weighted by Crippen LogP contribution is -1.95. The number of benzene rings is 1. The van der Waals surface area contributed by atoms with E-state index < -0.39 is 5.82 Å². The number of nitrogen functional groups attached to an aromatic ring is 1. The molecule has 2 rings (SSSR count). The van der Waals surface area contributed by atoms with Crippen molar-refractivity contribution in [1.82, 2.24) is 4.98 Å². The third-order valence-corrected chi connectivity index (χ3v) is 2.57. The number of pyridine rings is 1. The number of fused-ring (bicyclic) bond motifs is 1. The number of aromatic nitrogens is 1. The van der Waals surface area contributed by atoms with Crippen LogP contribution >= 0.6 is 11.6 Å². The minimum absolute atomic E-state index is 0.303. The summed E-state index contributed by atoms with van der Waals surface area (Å²) in [6.07, 6.45) is 0.758. The van der Waals surface area contributed by atoms with Gasteiger partial charge in [-0.25, -0.2) is 4.39 Å². The van der Waals surface area contributed by atoms with Crippen molar-refractivity contribution in [2.45, 2.75) is 13.3 Å². The molecule has 4 heteroatoms. The van der Waals surface area contributed by atoms with Gasteiger partial charge in [0.05, 0.1) is 10.5 Å². The fraction of sp³-hybridized carbons (Fsp3) is 0.182. The number of halogens is 2. The molecule has 15 heavy (non-hydrogen) atoms. The smallest absolute Gasteiger partial charge is 0.126 e. The maximum absolute atomic E-state index is 13.1. The van der Waals surface area contributed by atoms with Gasteiger partial charge >= 0.3 is 0 Å². The lowest BCUT2D eigenvalue weighted by atomic mass is 10.1. The third-order valence-electron chi connectivity index (χ3n) is 2.27. The fourth-order valence-electron chi connectivity index (χ4n) is 1.55. The average Bonchev–Trinajstić information content (AvgIpc) is 2.15. The second-order valence-corrected chi connectivity index (χ2v) is 3.75. The van der Waals surface area contributed by atoms with Gasteiger partial charge in [0, 0.05) is 22.8 Å². The number of nitrogens with zero attached hydrogens (tertiary/aromatic N) is 1. The molecule has 2 N–H and O–H groups in total. The molecule has 0 radical (unpaired) electrons. The Morgan fingerprint density at radius 3 is 2.80 bits per heavy atom. The molecule has 1 aromatic heterocycles. The number of nitrogens with two attached hydrogens (primary N) is 1. The van der Waals surface area contributed by atoms with Gasteiger partial charge in [-0.1, -0.05) is 18.5 Å². The first-order chi connectivity index (χ1) is 7.11. The van der Waals surface area contributed by atoms with Gasteiger partial charge in [-0.2, -0.15) is 0 Å². The topological polar surface area (TPSA) is 38.9 Å². The van der Waals surface area contributed by atoms with Crippen LogP contribution in [-0.4, -0.2) is 4.98 Å². The summed E-state index contributed by atoms with van der Waals surface area (Å²) in [5.74, 6) is -0.396. The molecule has 0 aliphatic rings. The first-order valence-electron chi connectivity index (χ1n) is 4.66. The second-order valence-electron chi connectivity index (χ2n) is 3.34. The van der Waals surface area contributed by atoms with Gasteiger partial charge in [0.2, 0.25) is 0 Å². The van der Waals surface area contributed by atoms with Crippen molar-refractivity contribution >= 4 is 28.2 Å². The highest BCUT2D eigenvalue weighted by atomic mass is 35.5. The standard InChI is InChI=1S/C11H10ClFN2/c1-2-7-5-9(14)11-8(12)3-6(13)4-10(11)15-7/h3-5H,2H2,1H3,(H2,14,15). The number of aryl methyl sites for hydroxylation is 1. The highest BCUT2D eigenvalue weighted by Crippen LogP contribution is 2.29. The van der Waals surface area contributed by atoms with Crippen LogP contribution in [0.25, 0.3) is 10.9 Å². The fourth-order valence-corrected chi connectivity index (χ4v) is 1.86. The Hall–Kier alpha value is -1.35. The van der Waals surface area contributed by atoms with E-state index in [9.17, 15) is 4.39 Å². The minimum Gasteiger partial charge on any atom is -0.398 e. The van der Waals surface area contributed by atoms with Crippen molar-refractivity contribution in [1.29, 1.82) is 0 Å². The molecule has 78 valence electrons. The zero-order valence-corrected chi connectivity index (χ0v) is 8.98. The molecule has 0 saturated carbocycles. The van der Waals surface area contributed by atoms with E-state index in [0.29, 0.717) is 21.6 Å². The van der Waals surface area contributed by atoms with E-state index >= 15 is 0 Å². The average molecular weight is 225 g/mol. The van der Waals surface area contributed by atoms with Gasteiger partial charge in [-0.05, 0) is 18.6 Å². The van der Waals surface area contributed by atoms with Gasteiger partial charge < -0.3 is 5.73 Å². The molecule has 2 nitrogen and oxygen atoms in total. The summed E-state index contributed by atoms with van der Waals surface area (Å²) in [5.41, 5.74) is 7.73. The molecule has 0 unspecified atom stereocenters. The Kier molecular flexibility index (Phi) is 2.49. The van der Waals surface area contributed by atoms with Crippen LogP contribution in [0.15, 0.2) is 18.2 Å². The number of rotatable bonds is 1. The summed E-state index contributed by atoms with van der Waals surface area (Å²) in [6.45, 7) is 1.97. The monoisotopic (exact) mass is 224 g/mol. The van der Waals surface area contributed by atoms with Gasteiger partial charge in [-0.15, -0.1) is 0 Å². The van der Waals surface area contributed by atoms with Crippen molar-refractivity contribution in [2.24, 2.45) is 0 Å². The molecular formula is C11H10ClFN2. The third kappa shape index (κ3) is 1.75. The Bertz CT molecular complexity index is 525. The molecule has 0 bridgehead atoms. The SMILES string of the molecule is CCc1cc(N)c2c(Cl)cc(F)cc2n1. The van der Waals surface area contributed by atoms with E-state index in [1.165, 1.54) is 12.1 Å². The normalized spacial score (nSPS) is 10.9. The summed E-state index contributed by atoms with van der Waals surface area (Å²) in [4.78, 5) is 4.27. The van der Waals surface area contributed by atoms with Crippen LogP contribution in [0.3, 0.4) is 0 Å². The van der Waals surface area contributed by atoms with E-state index in [1.807, 2.05) is 6.92 Å². The van der Waals surface area contributed by atoms with Crippen LogP contribution in [0.5, 0.6) is 0 Å². The molecule has 0 amide bonds. The van der Waals surface area contributed by atoms with Crippen LogP contribution in [0.4, 0.5) is 10.1 Å². The lowest BCUT2D eigenvalue weighted by molar-refractivity contribution is 0.629. The van der Waals surface area contributed by atoms with E-state index in [2.05, 4.69) is 4.98 Å². The van der Waals surface area contributed by atoms with Gasteiger partial charge in [0.25, 0.3) is 0 Å². The first-order valence-corrected chi connectivity index (χ1v) is 5.03. The number of hydrogen-bond donors (Lipinski definition) is 1. The number of hydrogen-bond acceptors (Lipinski definition) is 2. The van der Waals surface area contributed by atoms with Crippen LogP contribution in [-0.2, 0) is 6.42 Å². The van der Waals surface area contributed by atoms with Crippen molar-refractivity contribution in [3.8, 4) is 0 Å². The Balaban J connectivity index is 2.85. The predicted octanol–water partition coefficient (Wildman–Crippen LogP) is 3.17. The molecular weight excluding hydrogens is 215 g/mol. The Morgan fingerprint density at radius 1 is 1.40 bits per heavy atom. The summed E-state index contributed by atoms with van der Waals surface area (Å²) in [7, 11) is 0. The van der Waals surface area contributed by atoms with Crippen LogP contribution < -0.4 is 5.73 Å². The summed E-state index contributed by atoms with van der Waals surface area (Å²) >= 11 is 5.90. The molecule has 1 heterocycles. The predicted molar refractivity (Wildman–Crippen MR) is 60.5 cm³/mol. The van der Waals surface area contributed by atoms with Crippen LogP contribution in [0.1, 0.15) is 12.6 Å². The first kappa shape index (κ1) is 10.2. The molecule has 1 aromatic carbocycles. The summed E-state index contributed by atoms with van der Waals surface area (Å²) < 4.78 is 13.1. The maximum Gasteiger partial charge on any atom is 0.126 e. The molecule has 0 aliphatic carbocycles. The minimum atomic E-state index is -0.396. The quantitative estimate of drug-likeness (QED) is 0.808. The van der Waals surface area contributed by atoms with E-state index in [-0.39, 0.29) is 0 Å². The van der Waals surface area contributed by atoms with Crippen molar-refractivity contribution in [3.63, 3.8) is 0 Å². The molecule has 0 atom stereocenters. The van der Waals surface area contributed by atoms with Crippen molar-refractivity contribution in [2.75, 3.05) is 5.73 Å². The molecule has 2 aromatic rings. The van der Waals surface area contributed by atoms with Gasteiger partial charge in [0.15, 0.2) is 0 Å². The molecule has 0 spiro atoms. The number of anilines is 1. The largest absolute Gasteiger partial charge is 0.398 e. The Labute approximate surface area is 91.9 Å². The van der Waals surface area contributed by atoms with Crippen LogP contribution in [0, 0.1) is 5.82 Å². The second kappa shape index (κ2) is 3.66. The van der Waals surface area contributed by atoms with E-state index in [1.54, 1.807) is 6.07 Å². The van der Waals surface area contributed by atoms with Crippen LogP contribution in [0.2, 0.25) is 5.02 Å². The molecule has 0 fully saturated rings. The highest BCUT2D eigenvalue weighted by Gasteiger charge is 2.08. The van der Waals surface area contributed by atoms with Crippen molar-refractivity contribution in [3.05, 3.63) is 34.7 Å². The van der Waals surface area contributed by atoms with Gasteiger partial charge in [0.1, 0.15) is 5.82 Å². The summed E-state index contributed by atoms with van der Waals surface area (Å²) in [5, 5.41) is 0.924. The zero-order valence-electron chi connectivity index (χ0n) is 8.22. The van der Waals surface area contributed by atoms with E-state index in [0.717, 1.165) is 12.1 Å². The zero-order chi connectivity index (χ0) is 11.0. The molecule has 0 saturated heterocycles. The van der Waals surface area contributed by atoms with E-state index in [4.69, 9.17) is 17.3 Å². The molecule has 0 aliphatic heterocycles. The van der Waals surface area contributed by atoms with Crippen molar-refractivity contribution < 1.29 is 4.39 Å².